The molecule has 0 amide bonds. The molecule has 1 aliphatic rings. The summed E-state index contributed by atoms with van der Waals surface area (Å²) in [4.78, 5) is 14.6. The highest BCUT2D eigenvalue weighted by Crippen LogP contribution is 2.34. The van der Waals surface area contributed by atoms with E-state index in [-0.39, 0.29) is 12.6 Å². The first-order chi connectivity index (χ1) is 13.1. The Bertz CT molecular complexity index is 930. The van der Waals surface area contributed by atoms with Crippen molar-refractivity contribution in [2.24, 2.45) is 0 Å². The van der Waals surface area contributed by atoms with E-state index in [0.29, 0.717) is 16.2 Å². The number of hydrogen-bond acceptors (Lipinski definition) is 4. The van der Waals surface area contributed by atoms with Gasteiger partial charge in [-0.05, 0) is 55.9 Å². The van der Waals surface area contributed by atoms with Crippen molar-refractivity contribution < 1.29 is 9.53 Å². The molecule has 0 spiro atoms. The van der Waals surface area contributed by atoms with Crippen LogP contribution in [0.5, 0.6) is 0 Å². The standard InChI is InChI=1S/C21H19N3O2S/c1-3-26-20(25)18-14(2)24(17-7-5-4-6-8-17)21(27)23-19(18)16-11-9-15(13-22)10-12-16/h4-12,19H,3H2,1-2H3,(H,23,27). The van der Waals surface area contributed by atoms with Gasteiger partial charge in [0.25, 0.3) is 0 Å². The predicted molar refractivity (Wildman–Crippen MR) is 108 cm³/mol. The molecule has 1 N–H and O–H groups in total. The molecule has 27 heavy (non-hydrogen) atoms. The normalized spacial score (nSPS) is 16.6. The third kappa shape index (κ3) is 3.69. The van der Waals surface area contributed by atoms with Crippen molar-refractivity contribution in [2.45, 2.75) is 19.9 Å². The molecule has 1 aliphatic heterocycles. The zero-order chi connectivity index (χ0) is 19.4. The van der Waals surface area contributed by atoms with Gasteiger partial charge in [-0.3, -0.25) is 4.90 Å². The van der Waals surface area contributed by atoms with Crippen molar-refractivity contribution in [3.05, 3.63) is 77.0 Å². The quantitative estimate of drug-likeness (QED) is 0.645. The highest BCUT2D eigenvalue weighted by atomic mass is 32.1. The van der Waals surface area contributed by atoms with Crippen LogP contribution in [0.25, 0.3) is 0 Å². The number of nitrogens with zero attached hydrogens (tertiary/aromatic N) is 2. The molecule has 136 valence electrons. The second-order valence-electron chi connectivity index (χ2n) is 6.01. The van der Waals surface area contributed by atoms with E-state index in [9.17, 15) is 4.79 Å². The van der Waals surface area contributed by atoms with Crippen molar-refractivity contribution in [1.29, 1.82) is 5.26 Å². The van der Waals surface area contributed by atoms with Crippen molar-refractivity contribution in [3.63, 3.8) is 0 Å². The van der Waals surface area contributed by atoms with Gasteiger partial charge >= 0.3 is 5.97 Å². The zero-order valence-electron chi connectivity index (χ0n) is 15.1. The summed E-state index contributed by atoms with van der Waals surface area (Å²) in [7, 11) is 0. The molecule has 0 aromatic heterocycles. The van der Waals surface area contributed by atoms with Gasteiger partial charge < -0.3 is 10.1 Å². The third-order valence-electron chi connectivity index (χ3n) is 4.37. The van der Waals surface area contributed by atoms with Gasteiger partial charge in [-0.1, -0.05) is 30.3 Å². The lowest BCUT2D eigenvalue weighted by Gasteiger charge is -2.37. The molecule has 0 bridgehead atoms. The molecule has 0 saturated heterocycles. The molecule has 1 atom stereocenters. The summed E-state index contributed by atoms with van der Waals surface area (Å²) in [5.41, 5.74) is 3.48. The minimum absolute atomic E-state index is 0.283. The van der Waals surface area contributed by atoms with E-state index in [4.69, 9.17) is 22.2 Å². The molecule has 2 aromatic rings. The first-order valence-electron chi connectivity index (χ1n) is 8.60. The maximum Gasteiger partial charge on any atom is 0.338 e. The highest BCUT2D eigenvalue weighted by Gasteiger charge is 2.35. The fourth-order valence-corrected chi connectivity index (χ4v) is 3.46. The molecule has 0 saturated carbocycles. The number of allylic oxidation sites excluding steroid dienone is 1. The molecule has 0 radical (unpaired) electrons. The molecule has 2 aromatic carbocycles. The van der Waals surface area contributed by atoms with Gasteiger partial charge in [0.15, 0.2) is 5.11 Å². The second-order valence-corrected chi connectivity index (χ2v) is 6.39. The minimum atomic E-state index is -0.441. The van der Waals surface area contributed by atoms with Gasteiger partial charge in [0.1, 0.15) is 0 Å². The maximum atomic E-state index is 12.8. The number of carbonyl (C=O) groups excluding carboxylic acids is 1. The summed E-state index contributed by atoms with van der Waals surface area (Å²) in [5.74, 6) is -0.389. The van der Waals surface area contributed by atoms with Crippen molar-refractivity contribution in [3.8, 4) is 6.07 Å². The lowest BCUT2D eigenvalue weighted by Crippen LogP contribution is -2.48. The number of rotatable bonds is 4. The Balaban J connectivity index is 2.11. The largest absolute Gasteiger partial charge is 0.463 e. The first-order valence-corrected chi connectivity index (χ1v) is 9.01. The number of nitrogens with one attached hydrogen (secondary N) is 1. The van der Waals surface area contributed by atoms with E-state index >= 15 is 0 Å². The Labute approximate surface area is 163 Å². The monoisotopic (exact) mass is 377 g/mol. The molecule has 0 aliphatic carbocycles. The number of benzene rings is 2. The molecule has 1 heterocycles. The topological polar surface area (TPSA) is 65.4 Å². The van der Waals surface area contributed by atoms with Crippen LogP contribution in [-0.2, 0) is 9.53 Å². The van der Waals surface area contributed by atoms with Gasteiger partial charge in [0.05, 0.1) is 29.9 Å². The van der Waals surface area contributed by atoms with E-state index in [1.165, 1.54) is 0 Å². The Kier molecular flexibility index (Phi) is 5.53. The fourth-order valence-electron chi connectivity index (χ4n) is 3.10. The van der Waals surface area contributed by atoms with E-state index in [0.717, 1.165) is 16.9 Å². The molecule has 0 fully saturated rings. The minimum Gasteiger partial charge on any atom is -0.463 e. The number of esters is 1. The zero-order valence-corrected chi connectivity index (χ0v) is 15.9. The highest BCUT2D eigenvalue weighted by molar-refractivity contribution is 7.80. The molecule has 5 nitrogen and oxygen atoms in total. The molecule has 6 heteroatoms. The average Bonchev–Trinajstić information content (AvgIpc) is 2.68. The van der Waals surface area contributed by atoms with Crippen LogP contribution in [0.15, 0.2) is 65.9 Å². The SMILES string of the molecule is CCOC(=O)C1=C(C)N(c2ccccc2)C(=S)NC1c1ccc(C#N)cc1. The Morgan fingerprint density at radius 3 is 2.48 bits per heavy atom. The molecule has 1 unspecified atom stereocenters. The van der Waals surface area contributed by atoms with Crippen LogP contribution in [-0.4, -0.2) is 17.7 Å². The predicted octanol–water partition coefficient (Wildman–Crippen LogP) is 3.83. The number of para-hydroxylation sites is 1. The number of anilines is 1. The van der Waals surface area contributed by atoms with Gasteiger partial charge in [-0.15, -0.1) is 0 Å². The number of ether oxygens (including phenoxy) is 1. The second kappa shape index (κ2) is 8.02. The summed E-state index contributed by atoms with van der Waals surface area (Å²) >= 11 is 5.59. The lowest BCUT2D eigenvalue weighted by atomic mass is 9.94. The van der Waals surface area contributed by atoms with E-state index in [2.05, 4.69) is 11.4 Å². The number of thiocarbonyl (C=S) groups is 1. The van der Waals surface area contributed by atoms with Gasteiger partial charge in [-0.25, -0.2) is 4.79 Å². The number of nitriles is 1. The number of carbonyl (C=O) groups is 1. The summed E-state index contributed by atoms with van der Waals surface area (Å²) in [6.07, 6.45) is 0. The van der Waals surface area contributed by atoms with Crippen LogP contribution >= 0.6 is 12.2 Å². The fraction of sp³-hybridized carbons (Fsp3) is 0.190. The van der Waals surface area contributed by atoms with E-state index < -0.39 is 6.04 Å². The van der Waals surface area contributed by atoms with Crippen molar-refractivity contribution >= 4 is 29.0 Å². The van der Waals surface area contributed by atoms with Crippen molar-refractivity contribution in [1.82, 2.24) is 5.32 Å². The summed E-state index contributed by atoms with van der Waals surface area (Å²) in [5, 5.41) is 12.8. The van der Waals surface area contributed by atoms with Crippen LogP contribution in [0.1, 0.15) is 31.0 Å². The summed E-state index contributed by atoms with van der Waals surface area (Å²) in [6, 6.07) is 18.4. The van der Waals surface area contributed by atoms with Crippen LogP contribution in [0, 0.1) is 11.3 Å². The van der Waals surface area contributed by atoms with E-state index in [1.54, 1.807) is 19.1 Å². The van der Waals surface area contributed by atoms with Gasteiger partial charge in [-0.2, -0.15) is 5.26 Å². The average molecular weight is 377 g/mol. The van der Waals surface area contributed by atoms with E-state index in [1.807, 2.05) is 54.3 Å². The maximum absolute atomic E-state index is 12.8. The van der Waals surface area contributed by atoms with Gasteiger partial charge in [0.2, 0.25) is 0 Å². The smallest absolute Gasteiger partial charge is 0.338 e. The van der Waals surface area contributed by atoms with Crippen LogP contribution < -0.4 is 10.2 Å². The third-order valence-corrected chi connectivity index (χ3v) is 4.67. The Morgan fingerprint density at radius 1 is 1.22 bits per heavy atom. The Hall–Kier alpha value is -3.17. The Morgan fingerprint density at radius 2 is 1.89 bits per heavy atom. The number of hydrogen-bond donors (Lipinski definition) is 1. The lowest BCUT2D eigenvalue weighted by molar-refractivity contribution is -0.139. The molecular formula is C21H19N3O2S. The molecular weight excluding hydrogens is 358 g/mol. The van der Waals surface area contributed by atoms with Crippen LogP contribution in [0.3, 0.4) is 0 Å². The van der Waals surface area contributed by atoms with Gasteiger partial charge in [0, 0.05) is 11.4 Å². The summed E-state index contributed by atoms with van der Waals surface area (Å²) < 4.78 is 5.31. The summed E-state index contributed by atoms with van der Waals surface area (Å²) in [6.45, 7) is 3.93. The molecule has 3 rings (SSSR count). The first kappa shape index (κ1) is 18.6. The van der Waals surface area contributed by atoms with Crippen LogP contribution in [0.2, 0.25) is 0 Å². The van der Waals surface area contributed by atoms with Crippen molar-refractivity contribution in [2.75, 3.05) is 11.5 Å². The van der Waals surface area contributed by atoms with Crippen LogP contribution in [0.4, 0.5) is 5.69 Å².